The molecule has 0 aliphatic carbocycles. The molecule has 0 N–H and O–H groups in total. The Balaban J connectivity index is 1.56. The number of carbonyl (C=O) groups excluding carboxylic acids is 1. The summed E-state index contributed by atoms with van der Waals surface area (Å²) in [5.74, 6) is 1.58. The smallest absolute Gasteiger partial charge is 0.225 e. The lowest BCUT2D eigenvalue weighted by Crippen LogP contribution is -2.33. The second-order valence-corrected chi connectivity index (χ2v) is 10.6. The molecule has 1 unspecified atom stereocenters. The van der Waals surface area contributed by atoms with Gasteiger partial charge in [-0.3, -0.25) is 4.79 Å². The molecule has 0 radical (unpaired) electrons. The summed E-state index contributed by atoms with van der Waals surface area (Å²) in [6, 6.07) is 7.53. The average molecular weight is 460 g/mol. The van der Waals surface area contributed by atoms with Crippen LogP contribution < -0.4 is 14.4 Å². The largest absolute Gasteiger partial charge is 0.490 e. The van der Waals surface area contributed by atoms with Crippen LogP contribution in [-0.4, -0.2) is 62.8 Å². The molecule has 1 amide bonds. The fourth-order valence-electron chi connectivity index (χ4n) is 4.20. The number of likely N-dealkylation sites (tertiary alicyclic amines) is 1. The summed E-state index contributed by atoms with van der Waals surface area (Å²) in [6.07, 6.45) is 3.49. The molecule has 1 aromatic heterocycles. The molecular weight excluding hydrogens is 430 g/mol. The molecule has 0 spiro atoms. The Hall–Kier alpha value is -2.81. The third-order valence-corrected chi connectivity index (χ3v) is 6.86. The van der Waals surface area contributed by atoms with E-state index < -0.39 is 9.84 Å². The van der Waals surface area contributed by atoms with Crippen LogP contribution in [0.3, 0.4) is 0 Å². The fourth-order valence-corrected chi connectivity index (χ4v) is 5.09. The van der Waals surface area contributed by atoms with E-state index in [9.17, 15) is 13.2 Å². The lowest BCUT2D eigenvalue weighted by molar-refractivity contribution is -0.133. The minimum atomic E-state index is -3.38. The molecule has 32 heavy (non-hydrogen) atoms. The first-order chi connectivity index (χ1) is 15.1. The topological polar surface area (TPSA) is 89.0 Å². The molecule has 2 aliphatic rings. The summed E-state index contributed by atoms with van der Waals surface area (Å²) in [5, 5.41) is 0.0912. The van der Waals surface area contributed by atoms with E-state index in [4.69, 9.17) is 9.47 Å². The quantitative estimate of drug-likeness (QED) is 0.679. The normalized spacial score (nSPS) is 18.5. The number of pyridine rings is 1. The summed E-state index contributed by atoms with van der Waals surface area (Å²) in [5.41, 5.74) is 2.24. The minimum absolute atomic E-state index is 0.0191. The average Bonchev–Trinajstić information content (AvgIpc) is 3.20. The van der Waals surface area contributed by atoms with Gasteiger partial charge >= 0.3 is 0 Å². The van der Waals surface area contributed by atoms with Crippen molar-refractivity contribution in [2.24, 2.45) is 5.92 Å². The number of fused-ring (bicyclic) bond motifs is 1. The first kappa shape index (κ1) is 22.4. The van der Waals surface area contributed by atoms with E-state index in [1.807, 2.05) is 43.0 Å². The molecule has 1 atom stereocenters. The molecule has 172 valence electrons. The number of anilines is 2. The summed E-state index contributed by atoms with van der Waals surface area (Å²) in [4.78, 5) is 20.4. The first-order valence-corrected chi connectivity index (χ1v) is 12.7. The van der Waals surface area contributed by atoms with Crippen LogP contribution in [0.15, 0.2) is 35.5 Å². The molecule has 1 saturated heterocycles. The van der Waals surface area contributed by atoms with Crippen molar-refractivity contribution >= 4 is 27.1 Å². The monoisotopic (exact) mass is 459 g/mol. The Bertz CT molecular complexity index is 1130. The van der Waals surface area contributed by atoms with Gasteiger partial charge in [-0.05, 0) is 30.7 Å². The first-order valence-electron chi connectivity index (χ1n) is 10.8. The van der Waals surface area contributed by atoms with E-state index in [1.54, 1.807) is 13.1 Å². The van der Waals surface area contributed by atoms with Crippen LogP contribution in [-0.2, 0) is 14.6 Å². The molecule has 0 saturated carbocycles. The molecular formula is C23H29N3O5S. The lowest BCUT2D eigenvalue weighted by Gasteiger charge is -2.32. The van der Waals surface area contributed by atoms with Gasteiger partial charge in [0.2, 0.25) is 5.91 Å². The van der Waals surface area contributed by atoms with Crippen molar-refractivity contribution in [1.82, 2.24) is 9.88 Å². The summed E-state index contributed by atoms with van der Waals surface area (Å²) >= 11 is 0. The van der Waals surface area contributed by atoms with Crippen molar-refractivity contribution in [2.75, 3.05) is 37.4 Å². The second kappa shape index (κ2) is 8.61. The van der Waals surface area contributed by atoms with E-state index in [1.165, 1.54) is 0 Å². The van der Waals surface area contributed by atoms with Gasteiger partial charge in [-0.15, -0.1) is 0 Å². The van der Waals surface area contributed by atoms with Gasteiger partial charge in [-0.2, -0.15) is 0 Å². The third kappa shape index (κ3) is 4.53. The van der Waals surface area contributed by atoms with Gasteiger partial charge in [0, 0.05) is 31.2 Å². The number of hydrogen-bond acceptors (Lipinski definition) is 7. The summed E-state index contributed by atoms with van der Waals surface area (Å²) < 4.78 is 35.8. The van der Waals surface area contributed by atoms with Gasteiger partial charge in [-0.1, -0.05) is 13.8 Å². The molecule has 8 nitrogen and oxygen atoms in total. The predicted molar refractivity (Wildman–Crippen MR) is 121 cm³/mol. The number of ether oxygens (including phenoxy) is 2. The molecule has 2 aromatic rings. The fraction of sp³-hybridized carbons (Fsp3) is 0.478. The van der Waals surface area contributed by atoms with Gasteiger partial charge in [0.05, 0.1) is 30.7 Å². The highest BCUT2D eigenvalue weighted by molar-refractivity contribution is 7.90. The van der Waals surface area contributed by atoms with Crippen LogP contribution in [0.1, 0.15) is 25.8 Å². The molecule has 1 aromatic carbocycles. The molecule has 0 bridgehead atoms. The van der Waals surface area contributed by atoms with E-state index in [-0.39, 0.29) is 23.0 Å². The van der Waals surface area contributed by atoms with Crippen LogP contribution in [0, 0.1) is 12.8 Å². The zero-order valence-electron chi connectivity index (χ0n) is 18.9. The van der Waals surface area contributed by atoms with Gasteiger partial charge in [0.25, 0.3) is 0 Å². The van der Waals surface area contributed by atoms with Crippen molar-refractivity contribution in [3.05, 3.63) is 36.0 Å². The van der Waals surface area contributed by atoms with Crippen LogP contribution >= 0.6 is 0 Å². The Labute approximate surface area is 189 Å². The number of nitrogens with zero attached hydrogens (tertiary/aromatic N) is 3. The highest BCUT2D eigenvalue weighted by atomic mass is 32.2. The summed E-state index contributed by atoms with van der Waals surface area (Å²) in [6.45, 7) is 7.98. The number of sulfone groups is 1. The van der Waals surface area contributed by atoms with Crippen LogP contribution in [0.25, 0.3) is 0 Å². The standard InChI is InChI=1S/C23H29N3O5S/c1-15(2)23(27)25-8-7-19(14-25)31-18-5-6-21-20(12-18)26(9-10-30-21)17-11-16(3)22(24-13-17)32(4,28)29/h5-6,11-13,15,19H,7-10,14H2,1-4H3. The Morgan fingerprint density at radius 1 is 1.25 bits per heavy atom. The Morgan fingerprint density at radius 3 is 2.72 bits per heavy atom. The van der Waals surface area contributed by atoms with Crippen LogP contribution in [0.4, 0.5) is 11.4 Å². The van der Waals surface area contributed by atoms with Crippen LogP contribution in [0.2, 0.25) is 0 Å². The number of carbonyl (C=O) groups is 1. The predicted octanol–water partition coefficient (Wildman–Crippen LogP) is 2.96. The molecule has 2 aliphatic heterocycles. The van der Waals surface area contributed by atoms with Crippen molar-refractivity contribution in [2.45, 2.75) is 38.3 Å². The number of aryl methyl sites for hydroxylation is 1. The van der Waals surface area contributed by atoms with Crippen molar-refractivity contribution in [3.63, 3.8) is 0 Å². The molecule has 1 fully saturated rings. The maximum absolute atomic E-state index is 12.3. The number of amides is 1. The van der Waals surface area contributed by atoms with E-state index in [0.29, 0.717) is 37.6 Å². The van der Waals surface area contributed by atoms with Gasteiger partial charge in [-0.25, -0.2) is 13.4 Å². The Kier molecular flexibility index (Phi) is 6.03. The SMILES string of the molecule is Cc1cc(N2CCOc3ccc(OC4CCN(C(=O)C(C)C)C4)cc32)cnc1S(C)(=O)=O. The number of rotatable bonds is 5. The van der Waals surface area contributed by atoms with Gasteiger partial charge in [0.1, 0.15) is 24.2 Å². The highest BCUT2D eigenvalue weighted by Crippen LogP contribution is 2.40. The van der Waals surface area contributed by atoms with Crippen molar-refractivity contribution < 1.29 is 22.7 Å². The van der Waals surface area contributed by atoms with E-state index in [0.717, 1.165) is 29.8 Å². The van der Waals surface area contributed by atoms with Gasteiger partial charge in [0.15, 0.2) is 14.9 Å². The molecule has 4 rings (SSSR count). The molecule has 9 heteroatoms. The zero-order chi connectivity index (χ0) is 23.0. The number of hydrogen-bond donors (Lipinski definition) is 0. The number of aromatic nitrogens is 1. The maximum atomic E-state index is 12.3. The van der Waals surface area contributed by atoms with Crippen LogP contribution in [0.5, 0.6) is 11.5 Å². The van der Waals surface area contributed by atoms with Gasteiger partial charge < -0.3 is 19.3 Å². The minimum Gasteiger partial charge on any atom is -0.490 e. The lowest BCUT2D eigenvalue weighted by atomic mass is 10.2. The molecule has 3 heterocycles. The zero-order valence-corrected chi connectivity index (χ0v) is 19.7. The number of benzene rings is 1. The van der Waals surface area contributed by atoms with Crippen molar-refractivity contribution in [1.29, 1.82) is 0 Å². The van der Waals surface area contributed by atoms with E-state index in [2.05, 4.69) is 9.88 Å². The highest BCUT2D eigenvalue weighted by Gasteiger charge is 2.29. The van der Waals surface area contributed by atoms with Crippen molar-refractivity contribution in [3.8, 4) is 11.5 Å². The third-order valence-electron chi connectivity index (χ3n) is 5.73. The maximum Gasteiger partial charge on any atom is 0.225 e. The summed E-state index contributed by atoms with van der Waals surface area (Å²) in [7, 11) is -3.38. The van der Waals surface area contributed by atoms with E-state index >= 15 is 0 Å². The second-order valence-electron chi connectivity index (χ2n) is 8.68. The Morgan fingerprint density at radius 2 is 2.03 bits per heavy atom.